The third-order valence-corrected chi connectivity index (χ3v) is 3.52. The van der Waals surface area contributed by atoms with E-state index in [0.717, 1.165) is 0 Å². The standard InChI is InChI=1S/C12H14ClFN2O2/c1-12(6-18-5-10(12)15)11(17)16-7-2-3-8(13)9(14)4-7/h2-4,10H,5-6,15H2,1H3,(H,16,17). The molecule has 1 aliphatic rings. The van der Waals surface area contributed by atoms with Crippen LogP contribution in [0.25, 0.3) is 0 Å². The molecule has 3 N–H and O–H groups in total. The number of amides is 1. The van der Waals surface area contributed by atoms with Crippen LogP contribution in [-0.2, 0) is 9.53 Å². The first-order chi connectivity index (χ1) is 8.43. The molecule has 1 fully saturated rings. The smallest absolute Gasteiger partial charge is 0.234 e. The number of nitrogens with one attached hydrogen (secondary N) is 1. The van der Waals surface area contributed by atoms with Crippen molar-refractivity contribution in [3.63, 3.8) is 0 Å². The normalized spacial score (nSPS) is 27.2. The van der Waals surface area contributed by atoms with Gasteiger partial charge < -0.3 is 15.8 Å². The minimum atomic E-state index is -0.796. The van der Waals surface area contributed by atoms with Crippen LogP contribution in [0.3, 0.4) is 0 Å². The molecule has 98 valence electrons. The molecule has 2 atom stereocenters. The number of benzene rings is 1. The van der Waals surface area contributed by atoms with Gasteiger partial charge in [-0.15, -0.1) is 0 Å². The topological polar surface area (TPSA) is 64.3 Å². The number of hydrogen-bond acceptors (Lipinski definition) is 3. The Labute approximate surface area is 109 Å². The fraction of sp³-hybridized carbons (Fsp3) is 0.417. The monoisotopic (exact) mass is 272 g/mol. The summed E-state index contributed by atoms with van der Waals surface area (Å²) in [5, 5.41) is 2.64. The molecule has 2 rings (SSSR count). The van der Waals surface area contributed by atoms with Crippen LogP contribution in [0, 0.1) is 11.2 Å². The molecule has 6 heteroatoms. The first-order valence-electron chi connectivity index (χ1n) is 5.53. The number of carbonyl (C=O) groups is 1. The van der Waals surface area contributed by atoms with Crippen molar-refractivity contribution in [3.8, 4) is 0 Å². The van der Waals surface area contributed by atoms with Crippen LogP contribution in [0.2, 0.25) is 5.02 Å². The molecule has 0 aliphatic carbocycles. The lowest BCUT2D eigenvalue weighted by Crippen LogP contribution is -2.47. The van der Waals surface area contributed by atoms with Crippen molar-refractivity contribution in [1.82, 2.24) is 0 Å². The number of hydrogen-bond donors (Lipinski definition) is 2. The van der Waals surface area contributed by atoms with E-state index in [1.807, 2.05) is 0 Å². The highest BCUT2D eigenvalue weighted by Gasteiger charge is 2.44. The van der Waals surface area contributed by atoms with Crippen molar-refractivity contribution < 1.29 is 13.9 Å². The van der Waals surface area contributed by atoms with Gasteiger partial charge in [0.1, 0.15) is 5.82 Å². The molecule has 18 heavy (non-hydrogen) atoms. The van der Waals surface area contributed by atoms with Crippen LogP contribution in [0.1, 0.15) is 6.92 Å². The van der Waals surface area contributed by atoms with Crippen LogP contribution in [0.15, 0.2) is 18.2 Å². The summed E-state index contributed by atoms with van der Waals surface area (Å²) in [6.45, 7) is 2.33. The summed E-state index contributed by atoms with van der Waals surface area (Å²) in [6, 6.07) is 3.73. The lowest BCUT2D eigenvalue weighted by molar-refractivity contribution is -0.125. The van der Waals surface area contributed by atoms with Crippen molar-refractivity contribution in [2.45, 2.75) is 13.0 Å². The van der Waals surface area contributed by atoms with E-state index in [4.69, 9.17) is 22.1 Å². The predicted octanol–water partition coefficient (Wildman–Crippen LogP) is 1.78. The van der Waals surface area contributed by atoms with Gasteiger partial charge in [0.25, 0.3) is 0 Å². The van der Waals surface area contributed by atoms with Gasteiger partial charge in [-0.1, -0.05) is 11.6 Å². The molecule has 1 amide bonds. The highest BCUT2D eigenvalue weighted by molar-refractivity contribution is 6.30. The van der Waals surface area contributed by atoms with Gasteiger partial charge >= 0.3 is 0 Å². The number of rotatable bonds is 2. The van der Waals surface area contributed by atoms with Crippen LogP contribution in [-0.4, -0.2) is 25.2 Å². The van der Waals surface area contributed by atoms with E-state index in [1.165, 1.54) is 18.2 Å². The predicted molar refractivity (Wildman–Crippen MR) is 66.9 cm³/mol. The lowest BCUT2D eigenvalue weighted by Gasteiger charge is -2.25. The summed E-state index contributed by atoms with van der Waals surface area (Å²) >= 11 is 5.57. The Morgan fingerprint density at radius 3 is 2.94 bits per heavy atom. The van der Waals surface area contributed by atoms with Crippen molar-refractivity contribution in [3.05, 3.63) is 29.0 Å². The van der Waals surface area contributed by atoms with Crippen molar-refractivity contribution in [1.29, 1.82) is 0 Å². The summed E-state index contributed by atoms with van der Waals surface area (Å²) in [5.41, 5.74) is 5.39. The molecule has 0 bridgehead atoms. The highest BCUT2D eigenvalue weighted by atomic mass is 35.5. The molecule has 0 aromatic heterocycles. The van der Waals surface area contributed by atoms with Crippen molar-refractivity contribution in [2.75, 3.05) is 18.5 Å². The third kappa shape index (κ3) is 2.34. The second kappa shape index (κ2) is 4.84. The number of halogens is 2. The first kappa shape index (κ1) is 13.3. The van der Waals surface area contributed by atoms with E-state index in [9.17, 15) is 9.18 Å². The number of nitrogens with two attached hydrogens (primary N) is 1. The Morgan fingerprint density at radius 1 is 1.67 bits per heavy atom. The second-order valence-corrected chi connectivity index (χ2v) is 5.03. The average Bonchev–Trinajstić information content (AvgIpc) is 2.66. The summed E-state index contributed by atoms with van der Waals surface area (Å²) in [6.07, 6.45) is 0. The molecule has 2 unspecified atom stereocenters. The van der Waals surface area contributed by atoms with E-state index >= 15 is 0 Å². The van der Waals surface area contributed by atoms with E-state index < -0.39 is 11.2 Å². The molecule has 0 spiro atoms. The Balaban J connectivity index is 2.14. The van der Waals surface area contributed by atoms with Crippen molar-refractivity contribution in [2.24, 2.45) is 11.1 Å². The molecule has 4 nitrogen and oxygen atoms in total. The Kier molecular flexibility index (Phi) is 3.56. The summed E-state index contributed by atoms with van der Waals surface area (Å²) in [5.74, 6) is -0.860. The minimum absolute atomic E-state index is 0.0140. The zero-order chi connectivity index (χ0) is 13.3. The number of carbonyl (C=O) groups excluding carboxylic acids is 1. The number of ether oxygens (including phenoxy) is 1. The summed E-state index contributed by atoms with van der Waals surface area (Å²) < 4.78 is 18.4. The Hall–Kier alpha value is -1.17. The maximum Gasteiger partial charge on any atom is 0.234 e. The van der Waals surface area contributed by atoms with Crippen LogP contribution < -0.4 is 11.1 Å². The van der Waals surface area contributed by atoms with Crippen LogP contribution >= 0.6 is 11.6 Å². The SMILES string of the molecule is CC1(C(=O)Nc2ccc(Cl)c(F)c2)COCC1N. The average molecular weight is 273 g/mol. The molecule has 0 saturated carbocycles. The van der Waals surface area contributed by atoms with Gasteiger partial charge in [0, 0.05) is 11.7 Å². The van der Waals surface area contributed by atoms with Gasteiger partial charge in [-0.05, 0) is 25.1 Å². The van der Waals surface area contributed by atoms with E-state index in [2.05, 4.69) is 5.32 Å². The third-order valence-electron chi connectivity index (χ3n) is 3.21. The molecule has 1 aromatic carbocycles. The molecule has 1 aliphatic heterocycles. The van der Waals surface area contributed by atoms with Gasteiger partial charge in [0.05, 0.1) is 23.7 Å². The number of anilines is 1. The van der Waals surface area contributed by atoms with Gasteiger partial charge in [-0.3, -0.25) is 4.79 Å². The molecule has 1 heterocycles. The molecular weight excluding hydrogens is 259 g/mol. The van der Waals surface area contributed by atoms with Gasteiger partial charge in [0.15, 0.2) is 0 Å². The summed E-state index contributed by atoms with van der Waals surface area (Å²) in [7, 11) is 0. The fourth-order valence-corrected chi connectivity index (χ4v) is 1.89. The van der Waals surface area contributed by atoms with E-state index in [-0.39, 0.29) is 23.6 Å². The summed E-state index contributed by atoms with van der Waals surface area (Å²) in [4.78, 5) is 12.1. The zero-order valence-electron chi connectivity index (χ0n) is 9.87. The van der Waals surface area contributed by atoms with Gasteiger partial charge in [0.2, 0.25) is 5.91 Å². The maximum atomic E-state index is 13.2. The molecule has 1 aromatic rings. The molecular formula is C12H14ClFN2O2. The van der Waals surface area contributed by atoms with E-state index in [0.29, 0.717) is 12.3 Å². The van der Waals surface area contributed by atoms with Gasteiger partial charge in [-0.2, -0.15) is 0 Å². The second-order valence-electron chi connectivity index (χ2n) is 4.62. The van der Waals surface area contributed by atoms with Gasteiger partial charge in [-0.25, -0.2) is 4.39 Å². The van der Waals surface area contributed by atoms with Crippen LogP contribution in [0.5, 0.6) is 0 Å². The largest absolute Gasteiger partial charge is 0.379 e. The highest BCUT2D eigenvalue weighted by Crippen LogP contribution is 2.29. The van der Waals surface area contributed by atoms with E-state index in [1.54, 1.807) is 6.92 Å². The maximum absolute atomic E-state index is 13.2. The minimum Gasteiger partial charge on any atom is -0.379 e. The molecule has 1 saturated heterocycles. The molecule has 0 radical (unpaired) electrons. The zero-order valence-corrected chi connectivity index (χ0v) is 10.6. The van der Waals surface area contributed by atoms with Crippen LogP contribution in [0.4, 0.5) is 10.1 Å². The Morgan fingerprint density at radius 2 is 2.39 bits per heavy atom. The lowest BCUT2D eigenvalue weighted by atomic mass is 9.85. The Bertz CT molecular complexity index is 483. The fourth-order valence-electron chi connectivity index (χ4n) is 1.77. The van der Waals surface area contributed by atoms with Crippen molar-refractivity contribution >= 4 is 23.2 Å². The quantitative estimate of drug-likeness (QED) is 0.863. The first-order valence-corrected chi connectivity index (χ1v) is 5.91.